The summed E-state index contributed by atoms with van der Waals surface area (Å²) in [5.74, 6) is 1.32. The number of rotatable bonds is 2. The highest BCUT2D eigenvalue weighted by molar-refractivity contribution is 5.83. The highest BCUT2D eigenvalue weighted by Gasteiger charge is 2.09. The molecule has 0 radical (unpaired) electrons. The fraction of sp³-hybridized carbons (Fsp3) is 0.143. The minimum Gasteiger partial charge on any atom is -0.368 e. The van der Waals surface area contributed by atoms with Crippen LogP contribution in [0.1, 0.15) is 0 Å². The fourth-order valence-corrected chi connectivity index (χ4v) is 1.92. The van der Waals surface area contributed by atoms with E-state index < -0.39 is 0 Å². The van der Waals surface area contributed by atoms with Gasteiger partial charge in [0.2, 0.25) is 11.9 Å². The van der Waals surface area contributed by atoms with Crippen LogP contribution in [0.5, 0.6) is 0 Å². The maximum atomic E-state index is 5.75. The third kappa shape index (κ3) is 2.23. The van der Waals surface area contributed by atoms with Crippen molar-refractivity contribution in [3.8, 4) is 11.4 Å². The van der Waals surface area contributed by atoms with Gasteiger partial charge in [-0.2, -0.15) is 15.0 Å². The average Bonchev–Trinajstić information content (AvgIpc) is 2.46. The molecule has 0 aliphatic carbocycles. The summed E-state index contributed by atoms with van der Waals surface area (Å²) in [6.45, 7) is 0. The normalized spacial score (nSPS) is 10.7. The number of nitrogens with zero attached hydrogens (tertiary/aromatic N) is 5. The SMILES string of the molecule is CN(C)c1nc(N)nc(-c2ccc3ncccc3c2)n1. The Morgan fingerprint density at radius 1 is 1.05 bits per heavy atom. The van der Waals surface area contributed by atoms with Crippen molar-refractivity contribution in [2.45, 2.75) is 0 Å². The molecular formula is C14H14N6. The quantitative estimate of drug-likeness (QED) is 0.761. The topological polar surface area (TPSA) is 80.8 Å². The summed E-state index contributed by atoms with van der Waals surface area (Å²) < 4.78 is 0. The van der Waals surface area contributed by atoms with Crippen molar-refractivity contribution in [1.29, 1.82) is 0 Å². The van der Waals surface area contributed by atoms with E-state index in [4.69, 9.17) is 5.73 Å². The predicted molar refractivity (Wildman–Crippen MR) is 79.3 cm³/mol. The van der Waals surface area contributed by atoms with Crippen LogP contribution >= 0.6 is 0 Å². The van der Waals surface area contributed by atoms with Gasteiger partial charge in [-0.15, -0.1) is 0 Å². The average molecular weight is 266 g/mol. The van der Waals surface area contributed by atoms with Gasteiger partial charge in [0, 0.05) is 31.2 Å². The number of hydrogen-bond acceptors (Lipinski definition) is 6. The minimum absolute atomic E-state index is 0.213. The van der Waals surface area contributed by atoms with Crippen LogP contribution in [0.2, 0.25) is 0 Å². The molecule has 0 amide bonds. The van der Waals surface area contributed by atoms with Crippen LogP contribution < -0.4 is 10.6 Å². The molecule has 0 bridgehead atoms. The molecule has 100 valence electrons. The molecular weight excluding hydrogens is 252 g/mol. The Morgan fingerprint density at radius 3 is 2.70 bits per heavy atom. The van der Waals surface area contributed by atoms with Crippen LogP contribution in [0.4, 0.5) is 11.9 Å². The third-order valence-electron chi connectivity index (χ3n) is 2.90. The second-order valence-electron chi connectivity index (χ2n) is 4.62. The molecule has 0 spiro atoms. The number of nitrogen functional groups attached to an aromatic ring is 1. The number of anilines is 2. The van der Waals surface area contributed by atoms with Crippen LogP contribution in [0.25, 0.3) is 22.3 Å². The van der Waals surface area contributed by atoms with Gasteiger partial charge in [-0.25, -0.2) is 0 Å². The number of fused-ring (bicyclic) bond motifs is 1. The van der Waals surface area contributed by atoms with Crippen molar-refractivity contribution in [1.82, 2.24) is 19.9 Å². The summed E-state index contributed by atoms with van der Waals surface area (Å²) in [6.07, 6.45) is 1.77. The molecule has 2 aromatic heterocycles. The van der Waals surface area contributed by atoms with Gasteiger partial charge >= 0.3 is 0 Å². The van der Waals surface area contributed by atoms with Crippen LogP contribution in [0, 0.1) is 0 Å². The van der Waals surface area contributed by atoms with Gasteiger partial charge in [-0.1, -0.05) is 6.07 Å². The van der Waals surface area contributed by atoms with Crippen molar-refractivity contribution in [2.24, 2.45) is 0 Å². The summed E-state index contributed by atoms with van der Waals surface area (Å²) in [5.41, 5.74) is 7.57. The molecule has 0 saturated heterocycles. The Hall–Kier alpha value is -2.76. The number of pyridine rings is 1. The van der Waals surface area contributed by atoms with Crippen LogP contribution in [-0.4, -0.2) is 34.0 Å². The molecule has 0 atom stereocenters. The molecule has 0 aliphatic heterocycles. The number of nitrogens with two attached hydrogens (primary N) is 1. The van der Waals surface area contributed by atoms with E-state index in [-0.39, 0.29) is 5.95 Å². The van der Waals surface area contributed by atoms with E-state index in [1.165, 1.54) is 0 Å². The van der Waals surface area contributed by atoms with Gasteiger partial charge in [-0.05, 0) is 24.3 Å². The molecule has 1 aromatic carbocycles. The number of hydrogen-bond donors (Lipinski definition) is 1. The molecule has 3 rings (SSSR count). The van der Waals surface area contributed by atoms with Gasteiger partial charge in [-0.3, -0.25) is 4.98 Å². The van der Waals surface area contributed by atoms with Crippen LogP contribution in [0.15, 0.2) is 36.5 Å². The largest absolute Gasteiger partial charge is 0.368 e. The lowest BCUT2D eigenvalue weighted by Crippen LogP contribution is -2.15. The molecule has 2 heterocycles. The molecule has 0 aliphatic rings. The van der Waals surface area contributed by atoms with Gasteiger partial charge in [0.25, 0.3) is 0 Å². The lowest BCUT2D eigenvalue weighted by molar-refractivity contribution is 0.970. The highest BCUT2D eigenvalue weighted by atomic mass is 15.3. The van der Waals surface area contributed by atoms with E-state index in [0.29, 0.717) is 11.8 Å². The summed E-state index contributed by atoms with van der Waals surface area (Å²) in [5, 5.41) is 1.04. The molecule has 2 N–H and O–H groups in total. The summed E-state index contributed by atoms with van der Waals surface area (Å²) >= 11 is 0. The van der Waals surface area contributed by atoms with E-state index in [2.05, 4.69) is 19.9 Å². The molecule has 0 fully saturated rings. The minimum atomic E-state index is 0.213. The molecule has 0 saturated carbocycles. The van der Waals surface area contributed by atoms with Crippen molar-refractivity contribution in [3.05, 3.63) is 36.5 Å². The molecule has 6 nitrogen and oxygen atoms in total. The Kier molecular flexibility index (Phi) is 2.90. The standard InChI is InChI=1S/C14H14N6/c1-20(2)14-18-12(17-13(15)19-14)10-5-6-11-9(8-10)4-3-7-16-11/h3-8H,1-2H3,(H2,15,17,18,19). The first kappa shape index (κ1) is 12.3. The van der Waals surface area contributed by atoms with Gasteiger partial charge < -0.3 is 10.6 Å². The number of benzene rings is 1. The zero-order valence-electron chi connectivity index (χ0n) is 11.3. The van der Waals surface area contributed by atoms with Gasteiger partial charge in [0.15, 0.2) is 5.82 Å². The predicted octanol–water partition coefficient (Wildman–Crippen LogP) is 1.74. The van der Waals surface area contributed by atoms with E-state index in [1.54, 1.807) is 11.1 Å². The van der Waals surface area contributed by atoms with Crippen molar-refractivity contribution in [3.63, 3.8) is 0 Å². The second-order valence-corrected chi connectivity index (χ2v) is 4.62. The first-order valence-electron chi connectivity index (χ1n) is 6.17. The summed E-state index contributed by atoms with van der Waals surface area (Å²) in [7, 11) is 3.73. The first-order chi connectivity index (χ1) is 9.63. The summed E-state index contributed by atoms with van der Waals surface area (Å²) in [4.78, 5) is 18.8. The zero-order chi connectivity index (χ0) is 14.1. The van der Waals surface area contributed by atoms with Crippen molar-refractivity contribution < 1.29 is 0 Å². The van der Waals surface area contributed by atoms with Crippen molar-refractivity contribution in [2.75, 3.05) is 24.7 Å². The van der Waals surface area contributed by atoms with E-state index in [0.717, 1.165) is 16.5 Å². The third-order valence-corrected chi connectivity index (χ3v) is 2.90. The monoisotopic (exact) mass is 266 g/mol. The van der Waals surface area contributed by atoms with E-state index in [1.807, 2.05) is 44.4 Å². The fourth-order valence-electron chi connectivity index (χ4n) is 1.92. The molecule has 6 heteroatoms. The summed E-state index contributed by atoms with van der Waals surface area (Å²) in [6, 6.07) is 9.78. The first-order valence-corrected chi connectivity index (χ1v) is 6.17. The molecule has 20 heavy (non-hydrogen) atoms. The smallest absolute Gasteiger partial charge is 0.230 e. The Morgan fingerprint density at radius 2 is 1.90 bits per heavy atom. The van der Waals surface area contributed by atoms with Crippen LogP contribution in [-0.2, 0) is 0 Å². The Balaban J connectivity index is 2.15. The van der Waals surface area contributed by atoms with E-state index >= 15 is 0 Å². The Labute approximate surface area is 116 Å². The maximum Gasteiger partial charge on any atom is 0.230 e. The molecule has 3 aromatic rings. The highest BCUT2D eigenvalue weighted by Crippen LogP contribution is 2.22. The lowest BCUT2D eigenvalue weighted by Gasteiger charge is -2.11. The van der Waals surface area contributed by atoms with Gasteiger partial charge in [0.05, 0.1) is 5.52 Å². The van der Waals surface area contributed by atoms with Crippen molar-refractivity contribution >= 4 is 22.8 Å². The van der Waals surface area contributed by atoms with Crippen LogP contribution in [0.3, 0.4) is 0 Å². The zero-order valence-corrected chi connectivity index (χ0v) is 11.3. The molecule has 0 unspecified atom stereocenters. The Bertz CT molecular complexity index is 768. The lowest BCUT2D eigenvalue weighted by atomic mass is 10.1. The second kappa shape index (κ2) is 4.73. The van der Waals surface area contributed by atoms with E-state index in [9.17, 15) is 0 Å². The number of aromatic nitrogens is 4. The maximum absolute atomic E-state index is 5.75. The van der Waals surface area contributed by atoms with Gasteiger partial charge in [0.1, 0.15) is 0 Å².